The lowest BCUT2D eigenvalue weighted by Gasteiger charge is -2.20. The Kier molecular flexibility index (Phi) is 4.79. The SMILES string of the molecule is Cc1cnc2[nH]c(C3CC3)c(CN(C)CC[C@@H](O)c3ccccc3)c2c1. The van der Waals surface area contributed by atoms with Crippen LogP contribution in [0.3, 0.4) is 0 Å². The summed E-state index contributed by atoms with van der Waals surface area (Å²) >= 11 is 0. The first-order chi connectivity index (χ1) is 12.6. The highest BCUT2D eigenvalue weighted by Crippen LogP contribution is 2.43. The molecule has 0 bridgehead atoms. The molecule has 2 aromatic heterocycles. The summed E-state index contributed by atoms with van der Waals surface area (Å²) in [6.07, 6.45) is 4.80. The minimum Gasteiger partial charge on any atom is -0.388 e. The minimum absolute atomic E-state index is 0.409. The molecular weight excluding hydrogens is 322 g/mol. The molecule has 1 aliphatic rings. The van der Waals surface area contributed by atoms with Crippen molar-refractivity contribution in [3.05, 3.63) is 65.0 Å². The van der Waals surface area contributed by atoms with E-state index in [4.69, 9.17) is 0 Å². The van der Waals surface area contributed by atoms with Gasteiger partial charge in [0.05, 0.1) is 6.10 Å². The number of aliphatic hydroxyl groups excluding tert-OH is 1. The molecule has 1 atom stereocenters. The van der Waals surface area contributed by atoms with Crippen LogP contribution in [0.2, 0.25) is 0 Å². The smallest absolute Gasteiger partial charge is 0.137 e. The molecule has 1 saturated carbocycles. The van der Waals surface area contributed by atoms with Gasteiger partial charge in [0.1, 0.15) is 5.65 Å². The highest BCUT2D eigenvalue weighted by Gasteiger charge is 2.29. The summed E-state index contributed by atoms with van der Waals surface area (Å²) in [7, 11) is 2.14. The van der Waals surface area contributed by atoms with E-state index in [1.807, 2.05) is 36.5 Å². The predicted octanol–water partition coefficient (Wildman–Crippen LogP) is 4.30. The molecule has 4 rings (SSSR count). The number of hydrogen-bond donors (Lipinski definition) is 2. The number of rotatable bonds is 7. The average Bonchev–Trinajstić information content (AvgIpc) is 3.44. The normalized spacial score (nSPS) is 15.7. The van der Waals surface area contributed by atoms with Crippen LogP contribution < -0.4 is 0 Å². The van der Waals surface area contributed by atoms with Gasteiger partial charge in [-0.25, -0.2) is 4.98 Å². The molecule has 1 aliphatic carbocycles. The maximum absolute atomic E-state index is 10.4. The summed E-state index contributed by atoms with van der Waals surface area (Å²) in [5, 5.41) is 11.7. The molecule has 0 unspecified atom stereocenters. The summed E-state index contributed by atoms with van der Waals surface area (Å²) in [4.78, 5) is 10.5. The monoisotopic (exact) mass is 349 g/mol. The van der Waals surface area contributed by atoms with Gasteiger partial charge in [0.2, 0.25) is 0 Å². The minimum atomic E-state index is -0.409. The zero-order chi connectivity index (χ0) is 18.1. The van der Waals surface area contributed by atoms with Crippen molar-refractivity contribution in [1.29, 1.82) is 0 Å². The van der Waals surface area contributed by atoms with Gasteiger partial charge in [0.15, 0.2) is 0 Å². The molecule has 4 nitrogen and oxygen atoms in total. The van der Waals surface area contributed by atoms with Crippen molar-refractivity contribution in [1.82, 2.24) is 14.9 Å². The number of nitrogens with one attached hydrogen (secondary N) is 1. The standard InChI is InChI=1S/C22H27N3O/c1-15-12-18-19(21(17-8-9-17)24-22(18)23-13-15)14-25(2)11-10-20(26)16-6-4-3-5-7-16/h3-7,12-13,17,20,26H,8-11,14H2,1-2H3,(H,23,24)/t20-/m1/s1. The Morgan fingerprint density at radius 3 is 2.77 bits per heavy atom. The Morgan fingerprint density at radius 2 is 2.04 bits per heavy atom. The summed E-state index contributed by atoms with van der Waals surface area (Å²) in [5.41, 5.74) is 5.95. The van der Waals surface area contributed by atoms with Crippen molar-refractivity contribution in [2.45, 2.75) is 44.8 Å². The molecule has 2 N–H and O–H groups in total. The maximum Gasteiger partial charge on any atom is 0.137 e. The Balaban J connectivity index is 1.48. The molecule has 0 amide bonds. The highest BCUT2D eigenvalue weighted by atomic mass is 16.3. The van der Waals surface area contributed by atoms with Gasteiger partial charge in [-0.05, 0) is 61.9 Å². The van der Waals surface area contributed by atoms with Gasteiger partial charge in [-0.1, -0.05) is 30.3 Å². The second kappa shape index (κ2) is 7.22. The second-order valence-electron chi connectivity index (χ2n) is 7.65. The first kappa shape index (κ1) is 17.3. The number of aromatic amines is 1. The van der Waals surface area contributed by atoms with Crippen molar-refractivity contribution < 1.29 is 5.11 Å². The molecule has 0 saturated heterocycles. The van der Waals surface area contributed by atoms with Crippen LogP contribution in [-0.2, 0) is 6.54 Å². The van der Waals surface area contributed by atoms with Gasteiger partial charge in [-0.2, -0.15) is 0 Å². The molecule has 1 aromatic carbocycles. The van der Waals surface area contributed by atoms with Gasteiger partial charge < -0.3 is 15.0 Å². The van der Waals surface area contributed by atoms with Crippen molar-refractivity contribution in [3.63, 3.8) is 0 Å². The lowest BCUT2D eigenvalue weighted by molar-refractivity contribution is 0.147. The third-order valence-electron chi connectivity index (χ3n) is 5.31. The number of nitrogens with zero attached hydrogens (tertiary/aromatic N) is 2. The van der Waals surface area contributed by atoms with Gasteiger partial charge in [0, 0.05) is 30.4 Å². The average molecular weight is 349 g/mol. The Hall–Kier alpha value is -2.17. The van der Waals surface area contributed by atoms with Gasteiger partial charge >= 0.3 is 0 Å². The van der Waals surface area contributed by atoms with E-state index in [2.05, 4.69) is 34.9 Å². The summed E-state index contributed by atoms with van der Waals surface area (Å²) in [6, 6.07) is 12.2. The van der Waals surface area contributed by atoms with E-state index in [9.17, 15) is 5.11 Å². The topological polar surface area (TPSA) is 52.2 Å². The number of H-pyrrole nitrogens is 1. The molecule has 3 aromatic rings. The third kappa shape index (κ3) is 3.67. The molecule has 4 heteroatoms. The summed E-state index contributed by atoms with van der Waals surface area (Å²) < 4.78 is 0. The second-order valence-corrected chi connectivity index (χ2v) is 7.65. The van der Waals surface area contributed by atoms with Crippen molar-refractivity contribution in [2.75, 3.05) is 13.6 Å². The molecule has 2 heterocycles. The van der Waals surface area contributed by atoms with Crippen molar-refractivity contribution in [3.8, 4) is 0 Å². The van der Waals surface area contributed by atoms with Gasteiger partial charge in [-0.15, -0.1) is 0 Å². The summed E-state index contributed by atoms with van der Waals surface area (Å²) in [5.74, 6) is 0.669. The van der Waals surface area contributed by atoms with Crippen molar-refractivity contribution in [2.24, 2.45) is 0 Å². The van der Waals surface area contributed by atoms with E-state index in [1.54, 1.807) is 0 Å². The zero-order valence-corrected chi connectivity index (χ0v) is 15.6. The first-order valence-corrected chi connectivity index (χ1v) is 9.50. The van der Waals surface area contributed by atoms with E-state index < -0.39 is 6.10 Å². The van der Waals surface area contributed by atoms with Gasteiger partial charge in [-0.3, -0.25) is 0 Å². The number of aromatic nitrogens is 2. The number of aliphatic hydroxyl groups is 1. The Bertz CT molecular complexity index is 883. The quantitative estimate of drug-likeness (QED) is 0.668. The first-order valence-electron chi connectivity index (χ1n) is 9.50. The summed E-state index contributed by atoms with van der Waals surface area (Å²) in [6.45, 7) is 3.84. The highest BCUT2D eigenvalue weighted by molar-refractivity contribution is 5.82. The maximum atomic E-state index is 10.4. The lowest BCUT2D eigenvalue weighted by Crippen LogP contribution is -2.21. The molecule has 0 aliphatic heterocycles. The molecule has 26 heavy (non-hydrogen) atoms. The molecule has 1 fully saturated rings. The van der Waals surface area contributed by atoms with E-state index in [0.717, 1.165) is 30.7 Å². The number of aryl methyl sites for hydroxylation is 1. The van der Waals surface area contributed by atoms with Crippen LogP contribution in [0, 0.1) is 6.92 Å². The van der Waals surface area contributed by atoms with Crippen LogP contribution >= 0.6 is 0 Å². The van der Waals surface area contributed by atoms with Crippen LogP contribution in [0.4, 0.5) is 0 Å². The fourth-order valence-electron chi connectivity index (χ4n) is 3.67. The van der Waals surface area contributed by atoms with E-state index in [1.165, 1.54) is 35.0 Å². The van der Waals surface area contributed by atoms with Crippen molar-refractivity contribution >= 4 is 11.0 Å². The molecule has 0 radical (unpaired) electrons. The Labute approximate surface area is 154 Å². The fourth-order valence-corrected chi connectivity index (χ4v) is 3.67. The van der Waals surface area contributed by atoms with E-state index >= 15 is 0 Å². The molecule has 136 valence electrons. The van der Waals surface area contributed by atoms with Crippen LogP contribution in [0.15, 0.2) is 42.6 Å². The van der Waals surface area contributed by atoms with Crippen LogP contribution in [0.5, 0.6) is 0 Å². The van der Waals surface area contributed by atoms with Crippen LogP contribution in [0.25, 0.3) is 11.0 Å². The van der Waals surface area contributed by atoms with E-state index in [-0.39, 0.29) is 0 Å². The number of fused-ring (bicyclic) bond motifs is 1. The zero-order valence-electron chi connectivity index (χ0n) is 15.6. The van der Waals surface area contributed by atoms with Gasteiger partial charge in [0.25, 0.3) is 0 Å². The van der Waals surface area contributed by atoms with Crippen LogP contribution in [0.1, 0.15) is 53.7 Å². The third-order valence-corrected chi connectivity index (χ3v) is 5.31. The lowest BCUT2D eigenvalue weighted by atomic mass is 10.1. The molecular formula is C22H27N3O. The Morgan fingerprint density at radius 1 is 1.27 bits per heavy atom. The van der Waals surface area contributed by atoms with Crippen LogP contribution in [-0.4, -0.2) is 33.6 Å². The molecule has 0 spiro atoms. The predicted molar refractivity (Wildman–Crippen MR) is 105 cm³/mol. The fraction of sp³-hybridized carbons (Fsp3) is 0.409. The largest absolute Gasteiger partial charge is 0.388 e. The number of benzene rings is 1. The number of pyridine rings is 1. The number of hydrogen-bond acceptors (Lipinski definition) is 3. The van der Waals surface area contributed by atoms with E-state index in [0.29, 0.717) is 5.92 Å².